The van der Waals surface area contributed by atoms with E-state index >= 15 is 0 Å². The van der Waals surface area contributed by atoms with Gasteiger partial charge in [-0.2, -0.15) is 5.10 Å². The molecule has 1 saturated heterocycles. The highest BCUT2D eigenvalue weighted by Crippen LogP contribution is 2.28. The van der Waals surface area contributed by atoms with E-state index in [0.29, 0.717) is 25.8 Å². The molecule has 0 aliphatic carbocycles. The van der Waals surface area contributed by atoms with Crippen molar-refractivity contribution in [1.29, 1.82) is 0 Å². The van der Waals surface area contributed by atoms with Crippen molar-refractivity contribution < 1.29 is 9.59 Å². The van der Waals surface area contributed by atoms with E-state index in [9.17, 15) is 9.59 Å². The van der Waals surface area contributed by atoms with E-state index in [4.69, 9.17) is 10.1 Å². The highest BCUT2D eigenvalue weighted by Gasteiger charge is 2.29. The van der Waals surface area contributed by atoms with Crippen molar-refractivity contribution in [2.45, 2.75) is 65.3 Å². The van der Waals surface area contributed by atoms with Crippen LogP contribution in [-0.4, -0.2) is 50.4 Å². The van der Waals surface area contributed by atoms with Crippen molar-refractivity contribution in [2.75, 3.05) is 13.1 Å². The first-order chi connectivity index (χ1) is 15.8. The lowest BCUT2D eigenvalue weighted by molar-refractivity contribution is -0.129. The summed E-state index contributed by atoms with van der Waals surface area (Å²) in [7, 11) is 0. The predicted molar refractivity (Wildman–Crippen MR) is 128 cm³/mol. The fourth-order valence-corrected chi connectivity index (χ4v) is 4.65. The molecule has 7 nitrogen and oxygen atoms in total. The number of rotatable bonds is 7. The second kappa shape index (κ2) is 9.73. The lowest BCUT2D eigenvalue weighted by atomic mass is 10.1. The maximum absolute atomic E-state index is 12.8. The molecular formula is C26H33N5O2. The van der Waals surface area contributed by atoms with Crippen LogP contribution in [0.5, 0.6) is 0 Å². The van der Waals surface area contributed by atoms with Crippen LogP contribution in [0, 0.1) is 13.8 Å². The maximum atomic E-state index is 12.8. The van der Waals surface area contributed by atoms with Crippen molar-refractivity contribution in [1.82, 2.24) is 24.8 Å². The molecule has 0 spiro atoms. The first-order valence-electron chi connectivity index (χ1n) is 11.8. The number of aromatic nitrogens is 3. The molecule has 0 saturated carbocycles. The van der Waals surface area contributed by atoms with Gasteiger partial charge in [0.2, 0.25) is 11.8 Å². The Kier molecular flexibility index (Phi) is 6.77. The zero-order valence-corrected chi connectivity index (χ0v) is 20.0. The van der Waals surface area contributed by atoms with Crippen molar-refractivity contribution in [3.05, 3.63) is 64.6 Å². The Morgan fingerprint density at radius 2 is 1.94 bits per heavy atom. The number of nitrogens with zero attached hydrogens (tertiary/aromatic N) is 4. The van der Waals surface area contributed by atoms with Crippen LogP contribution in [0.1, 0.15) is 60.8 Å². The molecule has 1 fully saturated rings. The number of nitrogens with one attached hydrogen (secondary N) is 1. The number of fused-ring (bicyclic) bond motifs is 1. The standard InChI is InChI=1S/C26H33N5O2/c1-17(2)27-25(32)11-10-22-18(3)28-24-15-23(29-31(24)19(22)4)21-12-13-30(16-21)26(33)14-20-8-6-5-7-9-20/h5-9,15,17,21H,10-14,16H2,1-4H3,(H,27,32)/t21-/m0/s1. The van der Waals surface area contributed by atoms with Gasteiger partial charge in [0.1, 0.15) is 0 Å². The normalized spacial score (nSPS) is 16.0. The van der Waals surface area contributed by atoms with Crippen LogP contribution in [0.2, 0.25) is 0 Å². The molecule has 0 unspecified atom stereocenters. The van der Waals surface area contributed by atoms with Gasteiger partial charge in [0.25, 0.3) is 0 Å². The maximum Gasteiger partial charge on any atom is 0.227 e. The Labute approximate surface area is 195 Å². The fraction of sp³-hybridized carbons (Fsp3) is 0.462. The largest absolute Gasteiger partial charge is 0.354 e. The minimum Gasteiger partial charge on any atom is -0.354 e. The third-order valence-corrected chi connectivity index (χ3v) is 6.39. The van der Waals surface area contributed by atoms with Gasteiger partial charge < -0.3 is 10.2 Å². The molecule has 4 rings (SSSR count). The van der Waals surface area contributed by atoms with Crippen LogP contribution >= 0.6 is 0 Å². The summed E-state index contributed by atoms with van der Waals surface area (Å²) in [5, 5.41) is 7.81. The van der Waals surface area contributed by atoms with E-state index in [2.05, 4.69) is 5.32 Å². The molecule has 174 valence electrons. The van der Waals surface area contributed by atoms with Gasteiger partial charge in [0, 0.05) is 48.9 Å². The number of carbonyl (C=O) groups is 2. The lowest BCUT2D eigenvalue weighted by Gasteiger charge is -2.16. The summed E-state index contributed by atoms with van der Waals surface area (Å²) in [6, 6.07) is 12.1. The Morgan fingerprint density at radius 1 is 1.18 bits per heavy atom. The van der Waals surface area contributed by atoms with E-state index in [-0.39, 0.29) is 23.8 Å². The molecule has 3 aromatic rings. The third-order valence-electron chi connectivity index (χ3n) is 6.39. The number of hydrogen-bond donors (Lipinski definition) is 1. The molecule has 1 aromatic carbocycles. The summed E-state index contributed by atoms with van der Waals surface area (Å²) in [4.78, 5) is 31.6. The van der Waals surface area contributed by atoms with E-state index < -0.39 is 0 Å². The fourth-order valence-electron chi connectivity index (χ4n) is 4.65. The highest BCUT2D eigenvalue weighted by atomic mass is 16.2. The monoisotopic (exact) mass is 447 g/mol. The Morgan fingerprint density at radius 3 is 2.67 bits per heavy atom. The Bertz CT molecular complexity index is 1150. The molecule has 7 heteroatoms. The van der Waals surface area contributed by atoms with Gasteiger partial charge in [-0.3, -0.25) is 9.59 Å². The SMILES string of the molecule is Cc1nc2cc([C@H]3CCN(C(=O)Cc4ccccc4)C3)nn2c(C)c1CCC(=O)NC(C)C. The van der Waals surface area contributed by atoms with Crippen LogP contribution in [0.3, 0.4) is 0 Å². The summed E-state index contributed by atoms with van der Waals surface area (Å²) in [6.07, 6.45) is 2.42. The summed E-state index contributed by atoms with van der Waals surface area (Å²) in [5.41, 5.74) is 5.89. The average molecular weight is 448 g/mol. The molecule has 1 aliphatic heterocycles. The van der Waals surface area contributed by atoms with Gasteiger partial charge in [-0.1, -0.05) is 30.3 Å². The topological polar surface area (TPSA) is 79.6 Å². The summed E-state index contributed by atoms with van der Waals surface area (Å²) < 4.78 is 1.90. The van der Waals surface area contributed by atoms with Gasteiger partial charge in [-0.05, 0) is 51.7 Å². The molecule has 1 aliphatic rings. The lowest BCUT2D eigenvalue weighted by Crippen LogP contribution is -2.30. The van der Waals surface area contributed by atoms with Gasteiger partial charge in [-0.15, -0.1) is 0 Å². The average Bonchev–Trinajstić information content (AvgIpc) is 3.41. The molecule has 2 amide bonds. The van der Waals surface area contributed by atoms with E-state index in [0.717, 1.165) is 46.8 Å². The molecular weight excluding hydrogens is 414 g/mol. The molecule has 2 aromatic heterocycles. The van der Waals surface area contributed by atoms with Crippen molar-refractivity contribution in [3.63, 3.8) is 0 Å². The van der Waals surface area contributed by atoms with Crippen molar-refractivity contribution >= 4 is 17.5 Å². The number of amides is 2. The molecule has 1 atom stereocenters. The van der Waals surface area contributed by atoms with Gasteiger partial charge in [-0.25, -0.2) is 9.50 Å². The highest BCUT2D eigenvalue weighted by molar-refractivity contribution is 5.79. The molecule has 1 N–H and O–H groups in total. The first-order valence-corrected chi connectivity index (χ1v) is 11.8. The minimum atomic E-state index is 0.0521. The van der Waals surface area contributed by atoms with Crippen LogP contribution in [0.25, 0.3) is 5.65 Å². The Hall–Kier alpha value is -3.22. The van der Waals surface area contributed by atoms with Crippen LogP contribution in [0.15, 0.2) is 36.4 Å². The zero-order valence-electron chi connectivity index (χ0n) is 20.0. The quantitative estimate of drug-likeness (QED) is 0.602. The first kappa shape index (κ1) is 23.0. The van der Waals surface area contributed by atoms with Crippen LogP contribution in [0.4, 0.5) is 0 Å². The van der Waals surface area contributed by atoms with Crippen molar-refractivity contribution in [3.8, 4) is 0 Å². The minimum absolute atomic E-state index is 0.0521. The summed E-state index contributed by atoms with van der Waals surface area (Å²) in [6.45, 7) is 9.41. The number of aryl methyl sites for hydroxylation is 2. The Balaban J connectivity index is 1.46. The van der Waals surface area contributed by atoms with Gasteiger partial charge in [0.05, 0.1) is 12.1 Å². The van der Waals surface area contributed by atoms with Crippen molar-refractivity contribution in [2.24, 2.45) is 0 Å². The van der Waals surface area contributed by atoms with Gasteiger partial charge in [0.15, 0.2) is 5.65 Å². The van der Waals surface area contributed by atoms with Gasteiger partial charge >= 0.3 is 0 Å². The molecule has 0 radical (unpaired) electrons. The van der Waals surface area contributed by atoms with Crippen LogP contribution < -0.4 is 5.32 Å². The summed E-state index contributed by atoms with van der Waals surface area (Å²) in [5.74, 6) is 0.433. The van der Waals surface area contributed by atoms with E-state index in [1.807, 2.05) is 73.5 Å². The second-order valence-corrected chi connectivity index (χ2v) is 9.31. The van der Waals surface area contributed by atoms with Crippen LogP contribution in [-0.2, 0) is 22.4 Å². The predicted octanol–water partition coefficient (Wildman–Crippen LogP) is 3.36. The molecule has 3 heterocycles. The summed E-state index contributed by atoms with van der Waals surface area (Å²) >= 11 is 0. The smallest absolute Gasteiger partial charge is 0.227 e. The third kappa shape index (κ3) is 5.24. The zero-order chi connectivity index (χ0) is 23.5. The second-order valence-electron chi connectivity index (χ2n) is 9.31. The number of benzene rings is 1. The number of likely N-dealkylation sites (tertiary alicyclic amines) is 1. The number of carbonyl (C=O) groups excluding carboxylic acids is 2. The molecule has 0 bridgehead atoms. The van der Waals surface area contributed by atoms with E-state index in [1.54, 1.807) is 0 Å². The molecule has 33 heavy (non-hydrogen) atoms. The van der Waals surface area contributed by atoms with E-state index in [1.165, 1.54) is 0 Å². The number of hydrogen-bond acceptors (Lipinski definition) is 4.